The van der Waals surface area contributed by atoms with Crippen LogP contribution in [0, 0.1) is 11.8 Å². The molecule has 4 rings (SSSR count). The molecule has 0 radical (unpaired) electrons. The van der Waals surface area contributed by atoms with E-state index in [1.807, 2.05) is 10.9 Å². The topological polar surface area (TPSA) is 97.1 Å². The highest BCUT2D eigenvalue weighted by Gasteiger charge is 2.33. The Morgan fingerprint density at radius 3 is 2.47 bits per heavy atom. The van der Waals surface area contributed by atoms with E-state index in [2.05, 4.69) is 29.2 Å². The molecule has 0 saturated heterocycles. The first kappa shape index (κ1) is 23.7. The number of pyridine rings is 1. The SMILES string of the molecule is CC(C)[C@H]1CC[C@H](n2cc3cc(NC(=O)c4cccc(C(F)(F)F)n4)c(C(=O)O)cc3n2)CC1. The van der Waals surface area contributed by atoms with Gasteiger partial charge in [0, 0.05) is 11.6 Å². The number of aromatic nitrogens is 3. The van der Waals surface area contributed by atoms with Crippen LogP contribution in [-0.2, 0) is 6.18 Å². The summed E-state index contributed by atoms with van der Waals surface area (Å²) in [6, 6.07) is 6.02. The summed E-state index contributed by atoms with van der Waals surface area (Å²) in [5.74, 6) is -0.909. The molecule has 3 aromatic rings. The van der Waals surface area contributed by atoms with Crippen molar-refractivity contribution < 1.29 is 27.9 Å². The Morgan fingerprint density at radius 1 is 1.15 bits per heavy atom. The van der Waals surface area contributed by atoms with Gasteiger partial charge in [-0.1, -0.05) is 19.9 Å². The van der Waals surface area contributed by atoms with E-state index < -0.39 is 29.4 Å². The zero-order chi connectivity index (χ0) is 24.6. The van der Waals surface area contributed by atoms with E-state index in [4.69, 9.17) is 0 Å². The van der Waals surface area contributed by atoms with Crippen molar-refractivity contribution in [3.63, 3.8) is 0 Å². The number of carboxylic acid groups (broad SMARTS) is 1. The molecule has 1 aromatic carbocycles. The number of halogens is 3. The number of nitrogens with one attached hydrogen (secondary N) is 1. The van der Waals surface area contributed by atoms with Gasteiger partial charge in [0.2, 0.25) is 0 Å². The zero-order valence-electron chi connectivity index (χ0n) is 18.8. The van der Waals surface area contributed by atoms with E-state index in [-0.39, 0.29) is 17.3 Å². The molecule has 7 nitrogen and oxygen atoms in total. The van der Waals surface area contributed by atoms with Crippen molar-refractivity contribution in [3.8, 4) is 0 Å². The predicted molar refractivity (Wildman–Crippen MR) is 120 cm³/mol. The molecule has 0 bridgehead atoms. The second-order valence-corrected chi connectivity index (χ2v) is 9.04. The molecule has 10 heteroatoms. The quantitative estimate of drug-likeness (QED) is 0.488. The Kier molecular flexibility index (Phi) is 6.33. The zero-order valence-corrected chi connectivity index (χ0v) is 18.8. The summed E-state index contributed by atoms with van der Waals surface area (Å²) in [6.07, 6.45) is 1.28. The van der Waals surface area contributed by atoms with Crippen molar-refractivity contribution in [3.05, 3.63) is 53.5 Å². The molecule has 2 aromatic heterocycles. The lowest BCUT2D eigenvalue weighted by Gasteiger charge is -2.30. The van der Waals surface area contributed by atoms with Gasteiger partial charge in [-0.3, -0.25) is 9.48 Å². The number of rotatable bonds is 5. The number of amides is 1. The molecule has 1 aliphatic rings. The molecule has 34 heavy (non-hydrogen) atoms. The molecule has 2 heterocycles. The third kappa shape index (κ3) is 4.90. The summed E-state index contributed by atoms with van der Waals surface area (Å²) < 4.78 is 40.7. The number of carboxylic acids is 1. The van der Waals surface area contributed by atoms with E-state index in [1.54, 1.807) is 0 Å². The Hall–Kier alpha value is -3.43. The first-order chi connectivity index (χ1) is 16.0. The van der Waals surface area contributed by atoms with Gasteiger partial charge in [0.05, 0.1) is 22.8 Å². The van der Waals surface area contributed by atoms with Crippen LogP contribution in [-0.4, -0.2) is 31.7 Å². The highest BCUT2D eigenvalue weighted by molar-refractivity contribution is 6.08. The van der Waals surface area contributed by atoms with Crippen molar-refractivity contribution in [2.24, 2.45) is 11.8 Å². The first-order valence-corrected chi connectivity index (χ1v) is 11.1. The molecule has 1 aliphatic carbocycles. The number of carbonyl (C=O) groups is 2. The number of benzene rings is 1. The van der Waals surface area contributed by atoms with Crippen LogP contribution in [0.4, 0.5) is 18.9 Å². The van der Waals surface area contributed by atoms with Crippen molar-refractivity contribution in [2.45, 2.75) is 51.7 Å². The number of nitrogens with zero attached hydrogens (tertiary/aromatic N) is 3. The maximum absolute atomic E-state index is 12.9. The average molecular weight is 474 g/mol. The number of aromatic carboxylic acids is 1. The van der Waals surface area contributed by atoms with Crippen molar-refractivity contribution in [2.75, 3.05) is 5.32 Å². The molecule has 1 saturated carbocycles. The van der Waals surface area contributed by atoms with Crippen molar-refractivity contribution >= 4 is 28.5 Å². The number of alkyl halides is 3. The molecular formula is C24H25F3N4O3. The molecule has 2 N–H and O–H groups in total. The van der Waals surface area contributed by atoms with Gasteiger partial charge in [0.1, 0.15) is 11.4 Å². The van der Waals surface area contributed by atoms with Crippen LogP contribution in [0.2, 0.25) is 0 Å². The molecule has 0 aliphatic heterocycles. The standard InChI is InChI=1S/C24H25F3N4O3/c1-13(2)14-6-8-16(9-7-14)31-12-15-10-20(17(23(33)34)11-19(15)30-31)29-22(32)18-4-3-5-21(28-18)24(25,26)27/h3-5,10-14,16H,6-9H2,1-2H3,(H,29,32)(H,33,34)/t14-,16-. The van der Waals surface area contributed by atoms with E-state index in [9.17, 15) is 27.9 Å². The Bertz CT molecular complexity index is 1230. The normalized spacial score (nSPS) is 18.9. The average Bonchev–Trinajstić information content (AvgIpc) is 3.21. The number of fused-ring (bicyclic) bond motifs is 1. The maximum atomic E-state index is 12.9. The van der Waals surface area contributed by atoms with E-state index >= 15 is 0 Å². The fourth-order valence-corrected chi connectivity index (χ4v) is 4.50. The summed E-state index contributed by atoms with van der Waals surface area (Å²) in [6.45, 7) is 4.46. The van der Waals surface area contributed by atoms with Crippen LogP contribution in [0.3, 0.4) is 0 Å². The second-order valence-electron chi connectivity index (χ2n) is 9.04. The van der Waals surface area contributed by atoms with Gasteiger partial charge in [-0.15, -0.1) is 0 Å². The highest BCUT2D eigenvalue weighted by Crippen LogP contribution is 2.36. The first-order valence-electron chi connectivity index (χ1n) is 11.1. The monoisotopic (exact) mass is 474 g/mol. The molecule has 0 atom stereocenters. The van der Waals surface area contributed by atoms with Gasteiger partial charge < -0.3 is 10.4 Å². The number of carbonyl (C=O) groups excluding carboxylic acids is 1. The van der Waals surface area contributed by atoms with Gasteiger partial charge in [0.25, 0.3) is 5.91 Å². The minimum absolute atomic E-state index is 0.0349. The van der Waals surface area contributed by atoms with Crippen molar-refractivity contribution in [1.82, 2.24) is 14.8 Å². The number of anilines is 1. The Labute approximate surface area is 194 Å². The smallest absolute Gasteiger partial charge is 0.433 e. The van der Waals surface area contributed by atoms with Crippen LogP contribution in [0.5, 0.6) is 0 Å². The summed E-state index contributed by atoms with van der Waals surface area (Å²) in [5, 5.41) is 17.2. The molecule has 0 spiro atoms. The highest BCUT2D eigenvalue weighted by atomic mass is 19.4. The van der Waals surface area contributed by atoms with Gasteiger partial charge in [-0.2, -0.15) is 18.3 Å². The molecular weight excluding hydrogens is 449 g/mol. The fourth-order valence-electron chi connectivity index (χ4n) is 4.50. The second kappa shape index (κ2) is 9.08. The van der Waals surface area contributed by atoms with Crippen LogP contribution in [0.15, 0.2) is 36.5 Å². The van der Waals surface area contributed by atoms with Crippen LogP contribution < -0.4 is 5.32 Å². The van der Waals surface area contributed by atoms with Crippen molar-refractivity contribution in [1.29, 1.82) is 0 Å². The summed E-state index contributed by atoms with van der Waals surface area (Å²) >= 11 is 0. The summed E-state index contributed by atoms with van der Waals surface area (Å²) in [4.78, 5) is 27.8. The largest absolute Gasteiger partial charge is 0.478 e. The lowest BCUT2D eigenvalue weighted by atomic mass is 9.80. The van der Waals surface area contributed by atoms with E-state index in [0.717, 1.165) is 43.9 Å². The van der Waals surface area contributed by atoms with E-state index in [0.29, 0.717) is 22.7 Å². The minimum atomic E-state index is -4.70. The van der Waals surface area contributed by atoms with Crippen LogP contribution in [0.1, 0.15) is 72.1 Å². The van der Waals surface area contributed by atoms with Gasteiger partial charge >= 0.3 is 12.1 Å². The van der Waals surface area contributed by atoms with Gasteiger partial charge in [0.15, 0.2) is 0 Å². The Morgan fingerprint density at radius 2 is 1.85 bits per heavy atom. The lowest BCUT2D eigenvalue weighted by molar-refractivity contribution is -0.141. The van der Waals surface area contributed by atoms with E-state index in [1.165, 1.54) is 12.1 Å². The number of hydrogen-bond donors (Lipinski definition) is 2. The fraction of sp³-hybridized carbons (Fsp3) is 0.417. The number of hydrogen-bond acceptors (Lipinski definition) is 4. The summed E-state index contributed by atoms with van der Waals surface area (Å²) in [5.41, 5.74) is -1.45. The Balaban J connectivity index is 1.61. The van der Waals surface area contributed by atoms with Crippen LogP contribution in [0.25, 0.3) is 10.9 Å². The molecule has 0 unspecified atom stereocenters. The molecule has 1 fully saturated rings. The van der Waals surface area contributed by atoms with Gasteiger partial charge in [-0.05, 0) is 61.8 Å². The lowest BCUT2D eigenvalue weighted by Crippen LogP contribution is -2.21. The third-order valence-electron chi connectivity index (χ3n) is 6.47. The predicted octanol–water partition coefficient (Wildman–Crippen LogP) is 5.79. The summed E-state index contributed by atoms with van der Waals surface area (Å²) in [7, 11) is 0. The molecule has 180 valence electrons. The molecule has 1 amide bonds. The minimum Gasteiger partial charge on any atom is -0.478 e. The maximum Gasteiger partial charge on any atom is 0.433 e. The van der Waals surface area contributed by atoms with Gasteiger partial charge in [-0.25, -0.2) is 9.78 Å². The van der Waals surface area contributed by atoms with Crippen LogP contribution >= 0.6 is 0 Å². The third-order valence-corrected chi connectivity index (χ3v) is 6.47.